The molecule has 1 amide bonds. The molecule has 6 rings (SSSR count). The lowest BCUT2D eigenvalue weighted by Crippen LogP contribution is -2.49. The first kappa shape index (κ1) is 19.5. The van der Waals surface area contributed by atoms with Gasteiger partial charge in [0.15, 0.2) is 5.82 Å². The molecule has 162 valence electrons. The monoisotopic (exact) mass is 427 g/mol. The fourth-order valence-electron chi connectivity index (χ4n) is 4.77. The molecule has 2 aliphatic heterocycles. The van der Waals surface area contributed by atoms with Crippen LogP contribution in [0.4, 0.5) is 0 Å². The fourth-order valence-corrected chi connectivity index (χ4v) is 4.77. The Labute approximate surface area is 186 Å². The number of carbonyl (C=O) groups is 1. The third-order valence-electron chi connectivity index (χ3n) is 6.80. The van der Waals surface area contributed by atoms with E-state index in [4.69, 9.17) is 9.72 Å². The van der Waals surface area contributed by atoms with Gasteiger partial charge in [0.25, 0.3) is 5.91 Å². The van der Waals surface area contributed by atoms with Crippen LogP contribution in [0.15, 0.2) is 48.9 Å². The Hall–Kier alpha value is -3.19. The van der Waals surface area contributed by atoms with E-state index >= 15 is 0 Å². The number of hydrogen-bond acceptors (Lipinski definition) is 6. The average Bonchev–Trinajstić information content (AvgIpc) is 3.71. The van der Waals surface area contributed by atoms with E-state index in [0.717, 1.165) is 60.6 Å². The zero-order valence-electron chi connectivity index (χ0n) is 17.9. The molecule has 1 aromatic carbocycles. The minimum Gasteiger partial charge on any atom is -0.368 e. The summed E-state index contributed by atoms with van der Waals surface area (Å²) in [6.45, 7) is 1.89. The zero-order valence-corrected chi connectivity index (χ0v) is 17.9. The van der Waals surface area contributed by atoms with E-state index in [1.807, 2.05) is 41.4 Å². The Morgan fingerprint density at radius 2 is 1.75 bits per heavy atom. The number of piperidine rings is 1. The van der Waals surface area contributed by atoms with Gasteiger partial charge in [0.1, 0.15) is 11.4 Å². The van der Waals surface area contributed by atoms with Gasteiger partial charge in [0.05, 0.1) is 17.9 Å². The predicted molar refractivity (Wildman–Crippen MR) is 118 cm³/mol. The van der Waals surface area contributed by atoms with Gasteiger partial charge in [-0.05, 0) is 37.7 Å². The van der Waals surface area contributed by atoms with Crippen molar-refractivity contribution in [2.75, 3.05) is 19.7 Å². The molecule has 2 fully saturated rings. The number of rotatable bonds is 3. The molecule has 0 atom stereocenters. The Balaban J connectivity index is 1.22. The second-order valence-electron chi connectivity index (χ2n) is 8.92. The normalized spacial score (nSPS) is 19.6. The molecule has 1 spiro atoms. The number of benzene rings is 1. The highest BCUT2D eigenvalue weighted by Gasteiger charge is 2.43. The number of hydrogen-bond donors (Lipinski definition) is 0. The third kappa shape index (κ3) is 3.46. The van der Waals surface area contributed by atoms with Gasteiger partial charge in [0, 0.05) is 43.2 Å². The minimum atomic E-state index is -0.455. The summed E-state index contributed by atoms with van der Waals surface area (Å²) < 4.78 is 6.35. The first-order chi connectivity index (χ1) is 15.7. The molecule has 0 radical (unpaired) electrons. The maximum atomic E-state index is 13.0. The van der Waals surface area contributed by atoms with Crippen molar-refractivity contribution in [2.24, 2.45) is 0 Å². The van der Waals surface area contributed by atoms with Crippen LogP contribution in [0.1, 0.15) is 59.0 Å². The van der Waals surface area contributed by atoms with Crippen LogP contribution in [0.25, 0.3) is 11.4 Å². The van der Waals surface area contributed by atoms with E-state index in [1.165, 1.54) is 0 Å². The molecule has 7 nitrogen and oxygen atoms in total. The van der Waals surface area contributed by atoms with Gasteiger partial charge in [-0.15, -0.1) is 0 Å². The van der Waals surface area contributed by atoms with Crippen LogP contribution in [0.5, 0.6) is 0 Å². The van der Waals surface area contributed by atoms with E-state index in [2.05, 4.69) is 15.0 Å². The van der Waals surface area contributed by atoms with Crippen molar-refractivity contribution in [2.45, 2.75) is 43.6 Å². The van der Waals surface area contributed by atoms with Crippen molar-refractivity contribution in [1.29, 1.82) is 0 Å². The van der Waals surface area contributed by atoms with E-state index in [1.54, 1.807) is 12.4 Å². The molecular formula is C25H25N5O2. The van der Waals surface area contributed by atoms with Crippen molar-refractivity contribution >= 4 is 5.91 Å². The minimum absolute atomic E-state index is 0.00843. The lowest BCUT2D eigenvalue weighted by atomic mass is 9.83. The van der Waals surface area contributed by atoms with Gasteiger partial charge in [-0.25, -0.2) is 19.9 Å². The van der Waals surface area contributed by atoms with Crippen LogP contribution in [0.2, 0.25) is 0 Å². The van der Waals surface area contributed by atoms with E-state index in [9.17, 15) is 4.79 Å². The molecule has 3 aromatic rings. The number of fused-ring (bicyclic) bond motifs is 2. The number of amides is 1. The smallest absolute Gasteiger partial charge is 0.256 e. The number of aromatic nitrogens is 4. The fraction of sp³-hybridized carbons (Fsp3) is 0.400. The van der Waals surface area contributed by atoms with Crippen molar-refractivity contribution in [3.63, 3.8) is 0 Å². The van der Waals surface area contributed by atoms with E-state index < -0.39 is 5.60 Å². The summed E-state index contributed by atoms with van der Waals surface area (Å²) in [4.78, 5) is 33.3. The molecule has 3 aliphatic rings. The van der Waals surface area contributed by atoms with Gasteiger partial charge in [0.2, 0.25) is 0 Å². The second kappa shape index (κ2) is 7.74. The average molecular weight is 428 g/mol. The maximum absolute atomic E-state index is 13.0. The molecule has 2 aromatic heterocycles. The molecule has 0 unspecified atom stereocenters. The Bertz CT molecular complexity index is 1140. The summed E-state index contributed by atoms with van der Waals surface area (Å²) in [5.41, 5.74) is 3.24. The highest BCUT2D eigenvalue weighted by Crippen LogP contribution is 2.41. The number of likely N-dealkylation sites (tertiary alicyclic amines) is 1. The second-order valence-corrected chi connectivity index (χ2v) is 8.92. The van der Waals surface area contributed by atoms with Gasteiger partial charge in [-0.2, -0.15) is 0 Å². The lowest BCUT2D eigenvalue weighted by Gasteiger charge is -2.44. The van der Waals surface area contributed by atoms with Crippen LogP contribution in [-0.2, 0) is 16.8 Å². The summed E-state index contributed by atoms with van der Waals surface area (Å²) >= 11 is 0. The molecule has 0 N–H and O–H groups in total. The van der Waals surface area contributed by atoms with Crippen molar-refractivity contribution in [3.8, 4) is 11.4 Å². The topological polar surface area (TPSA) is 81.1 Å². The summed E-state index contributed by atoms with van der Waals surface area (Å²) in [6.07, 6.45) is 9.87. The number of carbonyl (C=O) groups excluding carboxylic acids is 1. The highest BCUT2D eigenvalue weighted by atomic mass is 16.5. The van der Waals surface area contributed by atoms with Crippen molar-refractivity contribution in [3.05, 3.63) is 71.6 Å². The Morgan fingerprint density at radius 3 is 2.47 bits per heavy atom. The van der Waals surface area contributed by atoms with Gasteiger partial charge >= 0.3 is 0 Å². The summed E-state index contributed by atoms with van der Waals surface area (Å²) in [7, 11) is 0. The molecule has 1 saturated heterocycles. The quantitative estimate of drug-likeness (QED) is 0.636. The predicted octanol–water partition coefficient (Wildman–Crippen LogP) is 3.52. The van der Waals surface area contributed by atoms with Gasteiger partial charge < -0.3 is 9.64 Å². The van der Waals surface area contributed by atoms with Crippen LogP contribution in [-0.4, -0.2) is 50.4 Å². The van der Waals surface area contributed by atoms with Crippen molar-refractivity contribution < 1.29 is 9.53 Å². The van der Waals surface area contributed by atoms with Crippen LogP contribution in [0.3, 0.4) is 0 Å². The van der Waals surface area contributed by atoms with E-state index in [0.29, 0.717) is 31.2 Å². The molecule has 1 aliphatic carbocycles. The molecule has 4 heterocycles. The number of nitrogens with zero attached hydrogens (tertiary/aromatic N) is 5. The van der Waals surface area contributed by atoms with Crippen LogP contribution in [0, 0.1) is 0 Å². The third-order valence-corrected chi connectivity index (χ3v) is 6.80. The van der Waals surface area contributed by atoms with E-state index in [-0.39, 0.29) is 5.91 Å². The summed E-state index contributed by atoms with van der Waals surface area (Å²) in [5, 5.41) is 0. The van der Waals surface area contributed by atoms with Gasteiger partial charge in [-0.3, -0.25) is 4.79 Å². The molecule has 1 saturated carbocycles. The molecular weight excluding hydrogens is 402 g/mol. The first-order valence-corrected chi connectivity index (χ1v) is 11.4. The summed E-state index contributed by atoms with van der Waals surface area (Å²) in [5.74, 6) is 2.06. The highest BCUT2D eigenvalue weighted by molar-refractivity contribution is 5.93. The van der Waals surface area contributed by atoms with Crippen LogP contribution >= 0.6 is 0 Å². The van der Waals surface area contributed by atoms with Gasteiger partial charge in [-0.1, -0.05) is 30.3 Å². The number of ether oxygens (including phenoxy) is 1. The first-order valence-electron chi connectivity index (χ1n) is 11.4. The molecule has 0 bridgehead atoms. The zero-order chi connectivity index (χ0) is 21.5. The maximum Gasteiger partial charge on any atom is 0.256 e. The van der Waals surface area contributed by atoms with Crippen LogP contribution < -0.4 is 0 Å². The Kier molecular flexibility index (Phi) is 4.72. The van der Waals surface area contributed by atoms with Crippen molar-refractivity contribution in [1.82, 2.24) is 24.8 Å². The molecule has 7 heteroatoms. The summed E-state index contributed by atoms with van der Waals surface area (Å²) in [6, 6.07) is 10.0. The largest absolute Gasteiger partial charge is 0.368 e. The Morgan fingerprint density at radius 1 is 1.00 bits per heavy atom. The lowest BCUT2D eigenvalue weighted by molar-refractivity contribution is -0.0967. The SMILES string of the molecule is O=C(c1cnc(C2CC2)nc1)N1CCC2(CC1)OCCc1cnc(-c3ccccc3)nc12. The standard InChI is InChI=1S/C25H25N5O2/c31-24(20-15-26-22(27-16-20)18-6-7-18)30-11-9-25(10-12-30)21-19(8-13-32-25)14-28-23(29-21)17-4-2-1-3-5-17/h1-5,14-16,18H,6-13H2. The molecule has 32 heavy (non-hydrogen) atoms.